The molecule has 1 fully saturated rings. The fourth-order valence-corrected chi connectivity index (χ4v) is 3.20. The number of fused-ring (bicyclic) bond motifs is 1. The molecule has 2 heterocycles. The van der Waals surface area contributed by atoms with Crippen LogP contribution in [0.1, 0.15) is 35.2 Å². The Morgan fingerprint density at radius 1 is 1.32 bits per heavy atom. The molecular weight excluding hydrogens is 280 g/mol. The first kappa shape index (κ1) is 15.3. The minimum absolute atomic E-state index is 0.170. The maximum absolute atomic E-state index is 12.3. The summed E-state index contributed by atoms with van der Waals surface area (Å²) in [5.74, 6) is 0.530. The normalized spacial score (nSPS) is 19.3. The van der Waals surface area contributed by atoms with Crippen molar-refractivity contribution in [2.45, 2.75) is 31.8 Å². The zero-order chi connectivity index (χ0) is 15.4. The van der Waals surface area contributed by atoms with Crippen molar-refractivity contribution in [3.05, 3.63) is 29.3 Å². The van der Waals surface area contributed by atoms with Gasteiger partial charge in [0.25, 0.3) is 5.91 Å². The van der Waals surface area contributed by atoms with Gasteiger partial charge in [-0.2, -0.15) is 0 Å². The summed E-state index contributed by atoms with van der Waals surface area (Å²) < 4.78 is 5.55. The number of aliphatic hydroxyl groups excluding tert-OH is 1. The number of amides is 1. The summed E-state index contributed by atoms with van der Waals surface area (Å²) in [6, 6.07) is 5.65. The summed E-state index contributed by atoms with van der Waals surface area (Å²) >= 11 is 0. The Labute approximate surface area is 131 Å². The second kappa shape index (κ2) is 7.11. The first-order valence-electron chi connectivity index (χ1n) is 8.17. The molecule has 0 aliphatic carbocycles. The maximum atomic E-state index is 12.3. The molecule has 2 aliphatic heterocycles. The average Bonchev–Trinajstić information content (AvgIpc) is 3.02. The topological polar surface area (TPSA) is 61.8 Å². The number of likely N-dealkylation sites (tertiary alicyclic amines) is 1. The molecule has 1 aromatic rings. The number of rotatable bonds is 5. The number of hydrogen-bond acceptors (Lipinski definition) is 4. The second-order valence-electron chi connectivity index (χ2n) is 6.12. The number of β-amino-alcohol motifs (C(OH)–C–C–N with tert-alkyl or cyclic N) is 1. The summed E-state index contributed by atoms with van der Waals surface area (Å²) in [6.07, 6.45) is 4.01. The van der Waals surface area contributed by atoms with Gasteiger partial charge in [-0.3, -0.25) is 4.79 Å². The van der Waals surface area contributed by atoms with Gasteiger partial charge in [0.05, 0.1) is 18.3 Å². The standard InChI is InChI=1S/C17H24N2O3/c20-14(12-19-8-2-1-3-9-19)11-18-17(21)15-6-4-5-13-7-10-22-16(13)15/h4-6,14,20H,1-3,7-12H2,(H,18,21)/t14-/m0/s1. The van der Waals surface area contributed by atoms with Gasteiger partial charge in [-0.05, 0) is 37.6 Å². The van der Waals surface area contributed by atoms with E-state index >= 15 is 0 Å². The van der Waals surface area contributed by atoms with Crippen LogP contribution in [0, 0.1) is 0 Å². The van der Waals surface area contributed by atoms with Crippen LogP contribution in [0.15, 0.2) is 18.2 Å². The zero-order valence-electron chi connectivity index (χ0n) is 12.9. The van der Waals surface area contributed by atoms with Crippen LogP contribution in [-0.2, 0) is 6.42 Å². The Kier molecular flexibility index (Phi) is 4.95. The summed E-state index contributed by atoms with van der Waals surface area (Å²) in [4.78, 5) is 14.6. The predicted octanol–water partition coefficient (Wildman–Crippen LogP) is 1.20. The molecule has 0 spiro atoms. The van der Waals surface area contributed by atoms with Gasteiger partial charge in [-0.25, -0.2) is 0 Å². The lowest BCUT2D eigenvalue weighted by molar-refractivity contribution is 0.0828. The number of hydrogen-bond donors (Lipinski definition) is 2. The van der Waals surface area contributed by atoms with E-state index in [-0.39, 0.29) is 12.5 Å². The van der Waals surface area contributed by atoms with Crippen molar-refractivity contribution < 1.29 is 14.6 Å². The van der Waals surface area contributed by atoms with Crippen LogP contribution < -0.4 is 10.1 Å². The lowest BCUT2D eigenvalue weighted by Gasteiger charge is -2.28. The Morgan fingerprint density at radius 2 is 2.14 bits per heavy atom. The average molecular weight is 304 g/mol. The third-order valence-electron chi connectivity index (χ3n) is 4.37. The van der Waals surface area contributed by atoms with Gasteiger partial charge in [-0.1, -0.05) is 18.6 Å². The highest BCUT2D eigenvalue weighted by molar-refractivity contribution is 5.97. The molecule has 0 aromatic heterocycles. The summed E-state index contributed by atoms with van der Waals surface area (Å²) in [6.45, 7) is 3.63. The molecule has 0 saturated carbocycles. The Morgan fingerprint density at radius 3 is 2.95 bits per heavy atom. The van der Waals surface area contributed by atoms with Gasteiger partial charge < -0.3 is 20.1 Å². The van der Waals surface area contributed by atoms with Crippen LogP contribution in [0.5, 0.6) is 5.75 Å². The molecular formula is C17H24N2O3. The molecule has 3 rings (SSSR count). The number of carbonyl (C=O) groups excluding carboxylic acids is 1. The number of ether oxygens (including phenoxy) is 1. The van der Waals surface area contributed by atoms with Crippen molar-refractivity contribution in [2.75, 3.05) is 32.8 Å². The fraction of sp³-hybridized carbons (Fsp3) is 0.588. The predicted molar refractivity (Wildman–Crippen MR) is 84.3 cm³/mol. The number of para-hydroxylation sites is 1. The largest absolute Gasteiger partial charge is 0.492 e. The summed E-state index contributed by atoms with van der Waals surface area (Å²) in [5.41, 5.74) is 1.65. The first-order valence-corrected chi connectivity index (χ1v) is 8.17. The molecule has 120 valence electrons. The van der Waals surface area contributed by atoms with E-state index in [9.17, 15) is 9.90 Å². The Bertz CT molecular complexity index is 527. The molecule has 0 unspecified atom stereocenters. The highest BCUT2D eigenvalue weighted by Gasteiger charge is 2.21. The van der Waals surface area contributed by atoms with Gasteiger partial charge in [0.2, 0.25) is 0 Å². The SMILES string of the molecule is O=C(NC[C@H](O)CN1CCCCC1)c1cccc2c1OCC2. The van der Waals surface area contributed by atoms with Crippen molar-refractivity contribution in [1.29, 1.82) is 0 Å². The van der Waals surface area contributed by atoms with Gasteiger partial charge in [0.1, 0.15) is 5.75 Å². The highest BCUT2D eigenvalue weighted by atomic mass is 16.5. The third kappa shape index (κ3) is 3.59. The number of piperidine rings is 1. The maximum Gasteiger partial charge on any atom is 0.255 e. The van der Waals surface area contributed by atoms with Crippen LogP contribution in [0.25, 0.3) is 0 Å². The lowest BCUT2D eigenvalue weighted by atomic mass is 10.1. The molecule has 22 heavy (non-hydrogen) atoms. The molecule has 2 aliphatic rings. The molecule has 5 heteroatoms. The minimum atomic E-state index is -0.528. The Balaban J connectivity index is 1.51. The van der Waals surface area contributed by atoms with Crippen LogP contribution in [-0.4, -0.2) is 54.8 Å². The van der Waals surface area contributed by atoms with E-state index in [4.69, 9.17) is 4.74 Å². The molecule has 1 aromatic carbocycles. The van der Waals surface area contributed by atoms with E-state index in [1.54, 1.807) is 6.07 Å². The smallest absolute Gasteiger partial charge is 0.255 e. The number of benzene rings is 1. The highest BCUT2D eigenvalue weighted by Crippen LogP contribution is 2.29. The number of nitrogens with one attached hydrogen (secondary N) is 1. The zero-order valence-corrected chi connectivity index (χ0v) is 12.9. The first-order chi connectivity index (χ1) is 10.7. The van der Waals surface area contributed by atoms with E-state index in [1.165, 1.54) is 19.3 Å². The molecule has 0 radical (unpaired) electrons. The monoisotopic (exact) mass is 304 g/mol. The van der Waals surface area contributed by atoms with Crippen molar-refractivity contribution in [3.8, 4) is 5.75 Å². The number of nitrogens with zero attached hydrogens (tertiary/aromatic N) is 1. The van der Waals surface area contributed by atoms with Gasteiger partial charge in [-0.15, -0.1) is 0 Å². The molecule has 2 N–H and O–H groups in total. The number of aliphatic hydroxyl groups is 1. The minimum Gasteiger partial charge on any atom is -0.492 e. The van der Waals surface area contributed by atoms with Gasteiger partial charge >= 0.3 is 0 Å². The molecule has 1 amide bonds. The molecule has 0 bridgehead atoms. The van der Waals surface area contributed by atoms with Crippen LogP contribution in [0.2, 0.25) is 0 Å². The van der Waals surface area contributed by atoms with E-state index in [1.807, 2.05) is 12.1 Å². The van der Waals surface area contributed by atoms with Crippen molar-refractivity contribution in [1.82, 2.24) is 10.2 Å². The van der Waals surface area contributed by atoms with Crippen LogP contribution in [0.3, 0.4) is 0 Å². The summed E-state index contributed by atoms with van der Waals surface area (Å²) in [7, 11) is 0. The van der Waals surface area contributed by atoms with Gasteiger partial charge in [0.15, 0.2) is 0 Å². The van der Waals surface area contributed by atoms with Crippen molar-refractivity contribution >= 4 is 5.91 Å². The lowest BCUT2D eigenvalue weighted by Crippen LogP contribution is -2.42. The third-order valence-corrected chi connectivity index (χ3v) is 4.37. The molecule has 1 atom stereocenters. The van der Waals surface area contributed by atoms with E-state index in [0.717, 1.165) is 25.1 Å². The second-order valence-corrected chi connectivity index (χ2v) is 6.12. The fourth-order valence-electron chi connectivity index (χ4n) is 3.20. The molecule has 1 saturated heterocycles. The van der Waals surface area contributed by atoms with Crippen molar-refractivity contribution in [2.24, 2.45) is 0 Å². The Hall–Kier alpha value is -1.59. The van der Waals surface area contributed by atoms with E-state index in [2.05, 4.69) is 10.2 Å². The van der Waals surface area contributed by atoms with Crippen LogP contribution >= 0.6 is 0 Å². The van der Waals surface area contributed by atoms with E-state index in [0.29, 0.717) is 24.5 Å². The van der Waals surface area contributed by atoms with Crippen molar-refractivity contribution in [3.63, 3.8) is 0 Å². The van der Waals surface area contributed by atoms with E-state index < -0.39 is 6.10 Å². The van der Waals surface area contributed by atoms with Gasteiger partial charge in [0, 0.05) is 19.5 Å². The number of carbonyl (C=O) groups is 1. The molecule has 5 nitrogen and oxygen atoms in total. The summed E-state index contributed by atoms with van der Waals surface area (Å²) in [5, 5.41) is 12.9. The van der Waals surface area contributed by atoms with Crippen LogP contribution in [0.4, 0.5) is 0 Å². The quantitative estimate of drug-likeness (QED) is 0.858.